The van der Waals surface area contributed by atoms with Crippen LogP contribution in [0.4, 0.5) is 18.9 Å². The second-order valence-corrected chi connectivity index (χ2v) is 10.4. The first-order valence-electron chi connectivity index (χ1n) is 11.8. The molecular formula is C28H30F3NO2S. The molecule has 0 spiro atoms. The van der Waals surface area contributed by atoms with Crippen LogP contribution < -0.4 is 9.64 Å². The maximum absolute atomic E-state index is 13.1. The molecule has 1 saturated carbocycles. The molecule has 1 fully saturated rings. The number of aliphatic hydroxyl groups excluding tert-OH is 1. The number of halogens is 3. The van der Waals surface area contributed by atoms with E-state index in [1.807, 2.05) is 47.4 Å². The normalized spacial score (nSPS) is 14.7. The first-order chi connectivity index (χ1) is 16.7. The molecule has 7 heteroatoms. The SMILES string of the molecule is CC(C)c1cccc(Oc2cccc(N(Cc3ccccc3SC(F)(F)F)CC(O)C3CC3)c2)c1. The predicted molar refractivity (Wildman–Crippen MR) is 135 cm³/mol. The Labute approximate surface area is 208 Å². The van der Waals surface area contributed by atoms with Gasteiger partial charge in [0.1, 0.15) is 11.5 Å². The van der Waals surface area contributed by atoms with Crippen LogP contribution in [0.1, 0.15) is 43.7 Å². The zero-order valence-corrected chi connectivity index (χ0v) is 20.6. The molecule has 3 nitrogen and oxygen atoms in total. The maximum Gasteiger partial charge on any atom is 0.446 e. The van der Waals surface area contributed by atoms with E-state index in [1.165, 1.54) is 11.6 Å². The van der Waals surface area contributed by atoms with Crippen LogP contribution in [-0.2, 0) is 6.54 Å². The Bertz CT molecular complexity index is 1130. The van der Waals surface area contributed by atoms with Crippen molar-refractivity contribution < 1.29 is 23.0 Å². The topological polar surface area (TPSA) is 32.7 Å². The van der Waals surface area contributed by atoms with Gasteiger partial charge in [-0.25, -0.2) is 0 Å². The van der Waals surface area contributed by atoms with E-state index >= 15 is 0 Å². The molecular weight excluding hydrogens is 471 g/mol. The van der Waals surface area contributed by atoms with Crippen LogP contribution in [0, 0.1) is 5.92 Å². The standard InChI is InChI=1S/C28H30F3NO2S/c1-19(2)21-8-5-10-24(15-21)34-25-11-6-9-23(16-25)32(18-26(33)20-13-14-20)17-22-7-3-4-12-27(22)35-28(29,30)31/h3-12,15-16,19-20,26,33H,13-14,17-18H2,1-2H3. The molecule has 0 heterocycles. The fraction of sp³-hybridized carbons (Fsp3) is 0.357. The van der Waals surface area contributed by atoms with Crippen molar-refractivity contribution in [1.29, 1.82) is 0 Å². The van der Waals surface area contributed by atoms with Crippen molar-refractivity contribution >= 4 is 17.4 Å². The lowest BCUT2D eigenvalue weighted by atomic mass is 10.0. The van der Waals surface area contributed by atoms with Gasteiger partial charge in [0.05, 0.1) is 6.10 Å². The molecule has 1 aliphatic rings. The van der Waals surface area contributed by atoms with Crippen molar-refractivity contribution in [1.82, 2.24) is 0 Å². The van der Waals surface area contributed by atoms with Crippen LogP contribution in [0.5, 0.6) is 11.5 Å². The number of aliphatic hydroxyl groups is 1. The van der Waals surface area contributed by atoms with Gasteiger partial charge in [-0.2, -0.15) is 13.2 Å². The summed E-state index contributed by atoms with van der Waals surface area (Å²) in [5.41, 5.74) is -1.85. The molecule has 1 unspecified atom stereocenters. The van der Waals surface area contributed by atoms with Gasteiger partial charge in [-0.3, -0.25) is 0 Å². The van der Waals surface area contributed by atoms with Crippen molar-refractivity contribution in [2.45, 2.75) is 55.7 Å². The Morgan fingerprint density at radius 2 is 1.66 bits per heavy atom. The highest BCUT2D eigenvalue weighted by Crippen LogP contribution is 2.40. The number of thioether (sulfide) groups is 1. The average molecular weight is 502 g/mol. The fourth-order valence-corrected chi connectivity index (χ4v) is 4.66. The molecule has 0 bridgehead atoms. The van der Waals surface area contributed by atoms with Crippen molar-refractivity contribution in [2.75, 3.05) is 11.4 Å². The molecule has 3 aromatic rings. The largest absolute Gasteiger partial charge is 0.457 e. The summed E-state index contributed by atoms with van der Waals surface area (Å²) in [7, 11) is 0. The van der Waals surface area contributed by atoms with E-state index in [4.69, 9.17) is 4.74 Å². The van der Waals surface area contributed by atoms with E-state index in [2.05, 4.69) is 19.9 Å². The number of nitrogens with zero attached hydrogens (tertiary/aromatic N) is 1. The summed E-state index contributed by atoms with van der Waals surface area (Å²) in [5, 5.41) is 10.7. The molecule has 0 aliphatic heterocycles. The highest BCUT2D eigenvalue weighted by molar-refractivity contribution is 8.00. The summed E-state index contributed by atoms with van der Waals surface area (Å²) >= 11 is -0.103. The molecule has 1 atom stereocenters. The van der Waals surface area contributed by atoms with Gasteiger partial charge < -0.3 is 14.7 Å². The van der Waals surface area contributed by atoms with Crippen LogP contribution in [0.25, 0.3) is 0 Å². The molecule has 0 radical (unpaired) electrons. The van der Waals surface area contributed by atoms with Gasteiger partial charge in [-0.1, -0.05) is 50.2 Å². The molecule has 0 saturated heterocycles. The second-order valence-electron chi connectivity index (χ2n) is 9.27. The zero-order chi connectivity index (χ0) is 25.0. The van der Waals surface area contributed by atoms with Crippen LogP contribution in [-0.4, -0.2) is 23.3 Å². The van der Waals surface area contributed by atoms with Crippen molar-refractivity contribution in [3.05, 3.63) is 83.9 Å². The molecule has 3 aromatic carbocycles. The second kappa shape index (κ2) is 11.0. The van der Waals surface area contributed by atoms with E-state index in [9.17, 15) is 18.3 Å². The lowest BCUT2D eigenvalue weighted by Gasteiger charge is -2.29. The Morgan fingerprint density at radius 1 is 0.971 bits per heavy atom. The van der Waals surface area contributed by atoms with E-state index in [1.54, 1.807) is 18.2 Å². The summed E-state index contributed by atoms with van der Waals surface area (Å²) in [6.45, 7) is 4.83. The van der Waals surface area contributed by atoms with Gasteiger partial charge in [0.2, 0.25) is 0 Å². The number of benzene rings is 3. The van der Waals surface area contributed by atoms with Gasteiger partial charge in [0, 0.05) is 29.7 Å². The number of anilines is 1. The Hall–Kier alpha value is -2.64. The van der Waals surface area contributed by atoms with Crippen LogP contribution in [0.15, 0.2) is 77.7 Å². The summed E-state index contributed by atoms with van der Waals surface area (Å²) < 4.78 is 45.5. The number of hydrogen-bond donors (Lipinski definition) is 1. The minimum Gasteiger partial charge on any atom is -0.457 e. The van der Waals surface area contributed by atoms with Gasteiger partial charge in [0.15, 0.2) is 0 Å². The lowest BCUT2D eigenvalue weighted by Crippen LogP contribution is -2.33. The Balaban J connectivity index is 1.60. The van der Waals surface area contributed by atoms with Crippen molar-refractivity contribution in [3.8, 4) is 11.5 Å². The summed E-state index contributed by atoms with van der Waals surface area (Å²) in [4.78, 5) is 2.11. The highest BCUT2D eigenvalue weighted by Gasteiger charge is 2.32. The molecule has 35 heavy (non-hydrogen) atoms. The Kier molecular flexibility index (Phi) is 7.97. The number of rotatable bonds is 10. The van der Waals surface area contributed by atoms with Gasteiger partial charge in [0.25, 0.3) is 0 Å². The van der Waals surface area contributed by atoms with E-state index in [0.717, 1.165) is 24.3 Å². The smallest absolute Gasteiger partial charge is 0.446 e. The first-order valence-corrected chi connectivity index (χ1v) is 12.6. The summed E-state index contributed by atoms with van der Waals surface area (Å²) in [6.07, 6.45) is 1.42. The third kappa shape index (κ3) is 7.42. The minimum absolute atomic E-state index is 0.103. The summed E-state index contributed by atoms with van der Waals surface area (Å²) in [6, 6.07) is 22.0. The average Bonchev–Trinajstić information content (AvgIpc) is 3.65. The predicted octanol–water partition coefficient (Wildman–Crippen LogP) is 7.99. The molecule has 1 aliphatic carbocycles. The van der Waals surface area contributed by atoms with Crippen LogP contribution in [0.2, 0.25) is 0 Å². The Morgan fingerprint density at radius 3 is 2.34 bits per heavy atom. The first kappa shape index (κ1) is 25.5. The minimum atomic E-state index is -4.37. The fourth-order valence-electron chi connectivity index (χ4n) is 4.00. The quantitative estimate of drug-likeness (QED) is 0.285. The molecule has 4 rings (SSSR count). The van der Waals surface area contributed by atoms with E-state index < -0.39 is 11.6 Å². The number of alkyl halides is 3. The van der Waals surface area contributed by atoms with Gasteiger partial charge in [-0.15, -0.1) is 0 Å². The van der Waals surface area contributed by atoms with Crippen molar-refractivity contribution in [3.63, 3.8) is 0 Å². The third-order valence-electron chi connectivity index (χ3n) is 6.08. The molecule has 186 valence electrons. The van der Waals surface area contributed by atoms with Crippen LogP contribution >= 0.6 is 11.8 Å². The molecule has 0 aromatic heterocycles. The maximum atomic E-state index is 13.1. The van der Waals surface area contributed by atoms with Crippen LogP contribution in [0.3, 0.4) is 0 Å². The molecule has 1 N–H and O–H groups in total. The number of hydrogen-bond acceptors (Lipinski definition) is 4. The molecule has 0 amide bonds. The number of ether oxygens (including phenoxy) is 1. The van der Waals surface area contributed by atoms with Gasteiger partial charge in [-0.05, 0) is 77.9 Å². The van der Waals surface area contributed by atoms with E-state index in [-0.39, 0.29) is 29.1 Å². The monoisotopic (exact) mass is 501 g/mol. The zero-order valence-electron chi connectivity index (χ0n) is 19.8. The summed E-state index contributed by atoms with van der Waals surface area (Å²) in [5.74, 6) is 1.98. The van der Waals surface area contributed by atoms with Crippen molar-refractivity contribution in [2.24, 2.45) is 5.92 Å². The highest BCUT2D eigenvalue weighted by atomic mass is 32.2. The third-order valence-corrected chi connectivity index (χ3v) is 6.93. The van der Waals surface area contributed by atoms with Gasteiger partial charge >= 0.3 is 5.51 Å². The van der Waals surface area contributed by atoms with E-state index in [0.29, 0.717) is 23.8 Å². The lowest BCUT2D eigenvalue weighted by molar-refractivity contribution is -0.0328.